The Kier molecular flexibility index (Phi) is 3.87. The van der Waals surface area contributed by atoms with Crippen molar-refractivity contribution in [1.82, 2.24) is 9.55 Å². The van der Waals surface area contributed by atoms with Gasteiger partial charge < -0.3 is 9.55 Å². The number of nitrogens with zero attached hydrogens (tertiary/aromatic N) is 1. The number of imidazole rings is 1. The summed E-state index contributed by atoms with van der Waals surface area (Å²) in [5.41, 5.74) is 1.65. The molecule has 1 aromatic heterocycles. The Bertz CT molecular complexity index is 683. The highest BCUT2D eigenvalue weighted by atomic mass is 35.5. The highest BCUT2D eigenvalue weighted by Crippen LogP contribution is 2.36. The maximum absolute atomic E-state index is 13.7. The Morgan fingerprint density at radius 3 is 2.70 bits per heavy atom. The summed E-state index contributed by atoms with van der Waals surface area (Å²) < 4.78 is 16.5. The monoisotopic (exact) mass is 312 g/mol. The van der Waals surface area contributed by atoms with Crippen molar-refractivity contribution in [3.63, 3.8) is 0 Å². The van der Waals surface area contributed by atoms with Gasteiger partial charge in [0, 0.05) is 12.1 Å². The van der Waals surface area contributed by atoms with Gasteiger partial charge in [-0.05, 0) is 49.9 Å². The number of benzene rings is 1. The zero-order valence-corrected chi connectivity index (χ0v) is 13.0. The van der Waals surface area contributed by atoms with E-state index in [9.17, 15) is 4.39 Å². The van der Waals surface area contributed by atoms with Crippen LogP contribution in [0.4, 0.5) is 4.39 Å². The van der Waals surface area contributed by atoms with E-state index in [2.05, 4.69) is 16.5 Å². The summed E-state index contributed by atoms with van der Waals surface area (Å²) in [4.78, 5) is 3.14. The molecular weight excluding hydrogens is 295 g/mol. The fraction of sp³-hybridized carbons (Fsp3) is 0.533. The molecule has 1 fully saturated rings. The third-order valence-electron chi connectivity index (χ3n) is 4.52. The minimum absolute atomic E-state index is 0.135. The average Bonchev–Trinajstić information content (AvgIpc) is 2.75. The normalized spacial score (nSPS) is 23.4. The van der Waals surface area contributed by atoms with Crippen LogP contribution in [0.25, 0.3) is 11.0 Å². The zero-order valence-electron chi connectivity index (χ0n) is 11.5. The van der Waals surface area contributed by atoms with Crippen LogP contribution in [0.3, 0.4) is 0 Å². The Balaban J connectivity index is 2.01. The molecule has 0 unspecified atom stereocenters. The van der Waals surface area contributed by atoms with Gasteiger partial charge in [-0.15, -0.1) is 0 Å². The van der Waals surface area contributed by atoms with Gasteiger partial charge in [-0.3, -0.25) is 0 Å². The summed E-state index contributed by atoms with van der Waals surface area (Å²) >= 11 is 11.3. The molecule has 0 saturated heterocycles. The summed E-state index contributed by atoms with van der Waals surface area (Å²) in [5, 5.41) is 0.135. The molecule has 0 amide bonds. The van der Waals surface area contributed by atoms with Crippen molar-refractivity contribution in [3.8, 4) is 0 Å². The highest BCUT2D eigenvalue weighted by molar-refractivity contribution is 7.71. The van der Waals surface area contributed by atoms with Crippen LogP contribution >= 0.6 is 23.8 Å². The van der Waals surface area contributed by atoms with E-state index in [1.54, 1.807) is 6.07 Å². The minimum Gasteiger partial charge on any atom is -0.331 e. The molecule has 1 saturated carbocycles. The molecule has 1 aliphatic carbocycles. The van der Waals surface area contributed by atoms with Crippen molar-refractivity contribution >= 4 is 34.9 Å². The first kappa shape index (κ1) is 14.1. The van der Waals surface area contributed by atoms with Gasteiger partial charge in [0.1, 0.15) is 5.82 Å². The second-order valence-electron chi connectivity index (χ2n) is 5.67. The molecule has 1 heterocycles. The van der Waals surface area contributed by atoms with Crippen LogP contribution in [-0.2, 0) is 0 Å². The summed E-state index contributed by atoms with van der Waals surface area (Å²) in [6.45, 7) is 2.25. The Hall–Kier alpha value is -0.870. The number of nitrogens with one attached hydrogen (secondary N) is 1. The van der Waals surface area contributed by atoms with Crippen LogP contribution in [0.2, 0.25) is 5.02 Å². The van der Waals surface area contributed by atoms with Gasteiger partial charge >= 0.3 is 0 Å². The lowest BCUT2D eigenvalue weighted by Gasteiger charge is -2.29. The van der Waals surface area contributed by atoms with Crippen LogP contribution in [0, 0.1) is 16.5 Å². The summed E-state index contributed by atoms with van der Waals surface area (Å²) in [6, 6.07) is 3.49. The van der Waals surface area contributed by atoms with E-state index in [1.165, 1.54) is 25.3 Å². The number of rotatable bonds is 2. The minimum atomic E-state index is -0.385. The fourth-order valence-corrected chi connectivity index (χ4v) is 3.82. The first-order valence-corrected chi connectivity index (χ1v) is 7.98. The molecule has 0 spiro atoms. The van der Waals surface area contributed by atoms with Gasteiger partial charge in [-0.2, -0.15) is 0 Å². The van der Waals surface area contributed by atoms with E-state index in [0.29, 0.717) is 10.8 Å². The topological polar surface area (TPSA) is 20.7 Å². The Labute approximate surface area is 127 Å². The summed E-state index contributed by atoms with van der Waals surface area (Å²) in [5.74, 6) is 0.445. The molecule has 0 radical (unpaired) electrons. The maximum atomic E-state index is 13.7. The molecule has 0 aliphatic heterocycles. The SMILES string of the molecule is CCC1CCC(n2c(=S)[nH]c3cc(Cl)c(F)cc32)CC1. The van der Waals surface area contributed by atoms with E-state index < -0.39 is 0 Å². The van der Waals surface area contributed by atoms with Crippen LogP contribution in [0.5, 0.6) is 0 Å². The molecule has 1 N–H and O–H groups in total. The van der Waals surface area contributed by atoms with Gasteiger partial charge in [0.25, 0.3) is 0 Å². The van der Waals surface area contributed by atoms with E-state index >= 15 is 0 Å². The predicted octanol–water partition coefficient (Wildman–Crippen LogP) is 5.63. The molecule has 5 heteroatoms. The van der Waals surface area contributed by atoms with Crippen LogP contribution in [0.15, 0.2) is 12.1 Å². The van der Waals surface area contributed by atoms with E-state index in [-0.39, 0.29) is 10.8 Å². The first-order valence-electron chi connectivity index (χ1n) is 7.19. The first-order chi connectivity index (χ1) is 9.60. The average molecular weight is 313 g/mol. The molecular formula is C15H18ClFN2S. The second kappa shape index (κ2) is 5.49. The van der Waals surface area contributed by atoms with E-state index in [0.717, 1.165) is 29.8 Å². The van der Waals surface area contributed by atoms with Gasteiger partial charge in [0.2, 0.25) is 0 Å². The number of fused-ring (bicyclic) bond motifs is 1. The van der Waals surface area contributed by atoms with Crippen LogP contribution < -0.4 is 0 Å². The number of hydrogen-bond donors (Lipinski definition) is 1. The lowest BCUT2D eigenvalue weighted by atomic mass is 9.84. The number of halogens is 2. The molecule has 2 nitrogen and oxygen atoms in total. The fourth-order valence-electron chi connectivity index (χ4n) is 3.29. The van der Waals surface area contributed by atoms with Crippen molar-refractivity contribution < 1.29 is 4.39 Å². The maximum Gasteiger partial charge on any atom is 0.178 e. The Morgan fingerprint density at radius 2 is 2.05 bits per heavy atom. The highest BCUT2D eigenvalue weighted by Gasteiger charge is 2.23. The van der Waals surface area contributed by atoms with Gasteiger partial charge in [0.05, 0.1) is 16.1 Å². The van der Waals surface area contributed by atoms with Gasteiger partial charge in [-0.1, -0.05) is 24.9 Å². The predicted molar refractivity (Wildman–Crippen MR) is 83.4 cm³/mol. The number of hydrogen-bond acceptors (Lipinski definition) is 1. The standard InChI is InChI=1S/C15H18ClFN2S/c1-2-9-3-5-10(6-4-9)19-14-8-12(17)11(16)7-13(14)18-15(19)20/h7-10H,2-6H2,1H3,(H,18,20). The summed E-state index contributed by atoms with van der Waals surface area (Å²) in [6.07, 6.45) is 5.93. The van der Waals surface area contributed by atoms with Crippen LogP contribution in [0.1, 0.15) is 45.1 Å². The van der Waals surface area contributed by atoms with E-state index in [4.69, 9.17) is 23.8 Å². The number of aromatic nitrogens is 2. The van der Waals surface area contributed by atoms with Crippen molar-refractivity contribution in [2.75, 3.05) is 0 Å². The lowest BCUT2D eigenvalue weighted by Crippen LogP contribution is -2.18. The molecule has 0 atom stereocenters. The van der Waals surface area contributed by atoms with Crippen molar-refractivity contribution in [3.05, 3.63) is 27.7 Å². The van der Waals surface area contributed by atoms with Crippen molar-refractivity contribution in [1.29, 1.82) is 0 Å². The van der Waals surface area contributed by atoms with Crippen molar-refractivity contribution in [2.24, 2.45) is 5.92 Å². The summed E-state index contributed by atoms with van der Waals surface area (Å²) in [7, 11) is 0. The molecule has 3 rings (SSSR count). The van der Waals surface area contributed by atoms with Gasteiger partial charge in [0.15, 0.2) is 4.77 Å². The molecule has 1 aromatic carbocycles. The molecule has 2 aromatic rings. The molecule has 1 aliphatic rings. The van der Waals surface area contributed by atoms with Gasteiger partial charge in [-0.25, -0.2) is 4.39 Å². The molecule has 0 bridgehead atoms. The second-order valence-corrected chi connectivity index (χ2v) is 6.46. The Morgan fingerprint density at radius 1 is 1.35 bits per heavy atom. The quantitative estimate of drug-likeness (QED) is 0.712. The zero-order chi connectivity index (χ0) is 14.3. The van der Waals surface area contributed by atoms with Crippen molar-refractivity contribution in [2.45, 2.75) is 45.1 Å². The smallest absolute Gasteiger partial charge is 0.178 e. The lowest BCUT2D eigenvalue weighted by molar-refractivity contribution is 0.271. The molecule has 20 heavy (non-hydrogen) atoms. The third-order valence-corrected chi connectivity index (χ3v) is 5.11. The van der Waals surface area contributed by atoms with E-state index in [1.807, 2.05) is 0 Å². The van der Waals surface area contributed by atoms with Crippen LogP contribution in [-0.4, -0.2) is 9.55 Å². The largest absolute Gasteiger partial charge is 0.331 e. The molecule has 108 valence electrons. The third kappa shape index (κ3) is 2.40. The number of aromatic amines is 1. The number of H-pyrrole nitrogens is 1.